The molecule has 1 aliphatic rings. The lowest BCUT2D eigenvalue weighted by Crippen LogP contribution is -2.45. The zero-order valence-corrected chi connectivity index (χ0v) is 24.3. The fourth-order valence-corrected chi connectivity index (χ4v) is 5.18. The highest BCUT2D eigenvalue weighted by atomic mass is 19.1. The summed E-state index contributed by atoms with van der Waals surface area (Å²) in [4.78, 5) is 37.2. The van der Waals surface area contributed by atoms with Gasteiger partial charge in [-0.15, -0.1) is 0 Å². The first-order valence-corrected chi connectivity index (χ1v) is 14.5. The standard InChI is InChI=1S/C24H31FN2O3.C9H10N2O2/c25-22-10-12-23(13-11-22)27(24(30)26(14-16-28)15-17-29)18-19-6-8-21(9-7-19)20-4-2-1-3-5-20;10-9(13)8(11-6-12)7-4-2-1-3-5-7/h6-13,20,28-29H,1-5,14-18H2;1-6,8H,(H2,10,13)(H,11,12). The fourth-order valence-electron chi connectivity index (χ4n) is 5.18. The van der Waals surface area contributed by atoms with Gasteiger partial charge in [0.2, 0.25) is 12.3 Å². The lowest BCUT2D eigenvalue weighted by atomic mass is 9.84. The van der Waals surface area contributed by atoms with E-state index in [0.717, 1.165) is 5.56 Å². The van der Waals surface area contributed by atoms with Crippen LogP contribution < -0.4 is 16.0 Å². The second-order valence-corrected chi connectivity index (χ2v) is 10.4. The number of nitrogens with zero attached hydrogens (tertiary/aromatic N) is 2. The fraction of sp³-hybridized carbons (Fsp3) is 0.364. The van der Waals surface area contributed by atoms with E-state index >= 15 is 0 Å². The van der Waals surface area contributed by atoms with Crippen LogP contribution in [0.1, 0.15) is 60.8 Å². The average molecular weight is 593 g/mol. The summed E-state index contributed by atoms with van der Waals surface area (Å²) in [6.45, 7) is 0.177. The van der Waals surface area contributed by atoms with Crippen LogP contribution in [-0.4, -0.2) is 59.8 Å². The second-order valence-electron chi connectivity index (χ2n) is 10.4. The summed E-state index contributed by atoms with van der Waals surface area (Å²) in [5.74, 6) is -0.323. The number of hydrogen-bond donors (Lipinski definition) is 4. The maximum atomic E-state index is 13.4. The lowest BCUT2D eigenvalue weighted by molar-refractivity contribution is -0.122. The van der Waals surface area contributed by atoms with Crippen LogP contribution in [0, 0.1) is 5.82 Å². The molecule has 0 saturated heterocycles. The third kappa shape index (κ3) is 10.2. The van der Waals surface area contributed by atoms with Crippen LogP contribution in [-0.2, 0) is 16.1 Å². The smallest absolute Gasteiger partial charge is 0.324 e. The van der Waals surface area contributed by atoms with Crippen LogP contribution in [0.2, 0.25) is 0 Å². The molecule has 1 aliphatic carbocycles. The summed E-state index contributed by atoms with van der Waals surface area (Å²) in [5, 5.41) is 20.9. The van der Waals surface area contributed by atoms with E-state index in [2.05, 4.69) is 29.6 Å². The lowest BCUT2D eigenvalue weighted by Gasteiger charge is -2.30. The Morgan fingerprint density at radius 2 is 1.51 bits per heavy atom. The summed E-state index contributed by atoms with van der Waals surface area (Å²) in [6.07, 6.45) is 6.81. The van der Waals surface area contributed by atoms with E-state index in [1.54, 1.807) is 41.3 Å². The first-order chi connectivity index (χ1) is 20.9. The van der Waals surface area contributed by atoms with Crippen LogP contribution in [0.15, 0.2) is 78.9 Å². The highest BCUT2D eigenvalue weighted by Crippen LogP contribution is 2.33. The zero-order chi connectivity index (χ0) is 31.0. The van der Waals surface area contributed by atoms with Crippen molar-refractivity contribution in [3.8, 4) is 0 Å². The van der Waals surface area contributed by atoms with Gasteiger partial charge in [-0.25, -0.2) is 9.18 Å². The average Bonchev–Trinajstić information content (AvgIpc) is 3.04. The molecule has 1 atom stereocenters. The predicted octanol–water partition coefficient (Wildman–Crippen LogP) is 4.25. The molecule has 5 N–H and O–H groups in total. The number of amides is 4. The highest BCUT2D eigenvalue weighted by Gasteiger charge is 2.23. The Labute approximate surface area is 252 Å². The number of carbonyl (C=O) groups is 3. The van der Waals surface area contributed by atoms with Gasteiger partial charge in [0.25, 0.3) is 0 Å². The maximum Gasteiger partial charge on any atom is 0.324 e. The molecule has 43 heavy (non-hydrogen) atoms. The molecule has 10 heteroatoms. The maximum absolute atomic E-state index is 13.4. The van der Waals surface area contributed by atoms with Crippen molar-refractivity contribution in [1.29, 1.82) is 0 Å². The number of primary amides is 1. The number of urea groups is 1. The van der Waals surface area contributed by atoms with E-state index in [9.17, 15) is 29.0 Å². The first-order valence-electron chi connectivity index (χ1n) is 14.5. The molecule has 1 saturated carbocycles. The molecule has 0 radical (unpaired) electrons. The molecule has 1 unspecified atom stereocenters. The number of rotatable bonds is 12. The number of benzene rings is 3. The molecular weight excluding hydrogens is 551 g/mol. The topological polar surface area (TPSA) is 136 Å². The van der Waals surface area contributed by atoms with Gasteiger partial charge in [-0.05, 0) is 59.7 Å². The van der Waals surface area contributed by atoms with Crippen molar-refractivity contribution < 1.29 is 29.0 Å². The Morgan fingerprint density at radius 1 is 0.907 bits per heavy atom. The van der Waals surface area contributed by atoms with Gasteiger partial charge in [0.05, 0.1) is 19.8 Å². The summed E-state index contributed by atoms with van der Waals surface area (Å²) >= 11 is 0. The van der Waals surface area contributed by atoms with Crippen LogP contribution >= 0.6 is 0 Å². The summed E-state index contributed by atoms with van der Waals surface area (Å²) < 4.78 is 13.4. The van der Waals surface area contributed by atoms with E-state index < -0.39 is 11.9 Å². The molecule has 9 nitrogen and oxygen atoms in total. The molecule has 1 fully saturated rings. The van der Waals surface area contributed by atoms with Gasteiger partial charge in [-0.2, -0.15) is 0 Å². The molecule has 3 aromatic rings. The Bertz CT molecular complexity index is 1260. The highest BCUT2D eigenvalue weighted by molar-refractivity contribution is 5.92. The Kier molecular flexibility index (Phi) is 13.6. The van der Waals surface area contributed by atoms with Gasteiger partial charge in [-0.1, -0.05) is 73.9 Å². The van der Waals surface area contributed by atoms with Crippen LogP contribution in [0.4, 0.5) is 14.9 Å². The van der Waals surface area contributed by atoms with Crippen molar-refractivity contribution in [3.05, 3.63) is 101 Å². The SMILES string of the molecule is NC(=O)C(NC=O)c1ccccc1.O=C(N(CCO)CCO)N(Cc1ccc(C2CCCCC2)cc1)c1ccc(F)cc1. The van der Waals surface area contributed by atoms with Crippen molar-refractivity contribution in [2.75, 3.05) is 31.2 Å². The minimum absolute atomic E-state index is 0.123. The van der Waals surface area contributed by atoms with Crippen LogP contribution in [0.25, 0.3) is 0 Å². The van der Waals surface area contributed by atoms with E-state index in [-0.39, 0.29) is 38.2 Å². The van der Waals surface area contributed by atoms with Gasteiger partial charge in [0, 0.05) is 18.8 Å². The minimum Gasteiger partial charge on any atom is -0.395 e. The monoisotopic (exact) mass is 592 g/mol. The number of hydrogen-bond acceptors (Lipinski definition) is 5. The number of carbonyl (C=O) groups excluding carboxylic acids is 3. The largest absolute Gasteiger partial charge is 0.395 e. The Hall–Kier alpha value is -4.28. The third-order valence-electron chi connectivity index (χ3n) is 7.43. The van der Waals surface area contributed by atoms with E-state index in [0.29, 0.717) is 30.1 Å². The third-order valence-corrected chi connectivity index (χ3v) is 7.43. The molecule has 0 heterocycles. The zero-order valence-electron chi connectivity index (χ0n) is 24.3. The van der Waals surface area contributed by atoms with Crippen molar-refractivity contribution in [2.24, 2.45) is 5.73 Å². The van der Waals surface area contributed by atoms with Gasteiger partial charge in [0.15, 0.2) is 0 Å². The Morgan fingerprint density at radius 3 is 2.05 bits per heavy atom. The number of nitrogens with one attached hydrogen (secondary N) is 1. The first kappa shape index (κ1) is 33.2. The van der Waals surface area contributed by atoms with Crippen molar-refractivity contribution in [1.82, 2.24) is 10.2 Å². The molecule has 230 valence electrons. The van der Waals surface area contributed by atoms with Crippen molar-refractivity contribution in [3.63, 3.8) is 0 Å². The number of nitrogens with two attached hydrogens (primary N) is 1. The number of aliphatic hydroxyl groups excluding tert-OH is 2. The quantitative estimate of drug-likeness (QED) is 0.233. The normalized spacial score (nSPS) is 13.7. The molecule has 0 spiro atoms. The van der Waals surface area contributed by atoms with E-state index in [1.165, 1.54) is 54.7 Å². The molecule has 4 rings (SSSR count). The number of halogens is 1. The van der Waals surface area contributed by atoms with Gasteiger partial charge in [-0.3, -0.25) is 14.5 Å². The van der Waals surface area contributed by atoms with Crippen LogP contribution in [0.3, 0.4) is 0 Å². The minimum atomic E-state index is -0.737. The van der Waals surface area contributed by atoms with Gasteiger partial charge >= 0.3 is 6.03 Å². The second kappa shape index (κ2) is 17.6. The molecule has 0 aliphatic heterocycles. The summed E-state index contributed by atoms with van der Waals surface area (Å²) in [7, 11) is 0. The number of anilines is 1. The number of aliphatic hydroxyl groups is 2. The molecule has 4 amide bonds. The predicted molar refractivity (Wildman–Crippen MR) is 164 cm³/mol. The molecule has 0 bridgehead atoms. The summed E-state index contributed by atoms with van der Waals surface area (Å²) in [6, 6.07) is 21.9. The van der Waals surface area contributed by atoms with Crippen molar-refractivity contribution in [2.45, 2.75) is 50.6 Å². The Balaban J connectivity index is 0.000000326. The molecule has 3 aromatic carbocycles. The van der Waals surface area contributed by atoms with Crippen molar-refractivity contribution >= 4 is 24.0 Å². The van der Waals surface area contributed by atoms with E-state index in [4.69, 9.17) is 5.73 Å². The summed E-state index contributed by atoms with van der Waals surface area (Å²) in [5.41, 5.74) is 8.67. The van der Waals surface area contributed by atoms with Crippen LogP contribution in [0.5, 0.6) is 0 Å². The molecular formula is C33H41FN4O5. The van der Waals surface area contributed by atoms with E-state index in [1.807, 2.05) is 6.07 Å². The van der Waals surface area contributed by atoms with Gasteiger partial charge in [0.1, 0.15) is 11.9 Å². The molecule has 0 aromatic heterocycles. The van der Waals surface area contributed by atoms with Gasteiger partial charge < -0.3 is 26.2 Å².